The molecule has 1 atom stereocenters. The number of hydrogen-bond acceptors (Lipinski definition) is 3. The second-order valence-corrected chi connectivity index (χ2v) is 5.82. The normalized spacial score (nSPS) is 13.5. The van der Waals surface area contributed by atoms with Gasteiger partial charge in [-0.3, -0.25) is 4.79 Å². The lowest BCUT2D eigenvalue weighted by molar-refractivity contribution is 0.100. The topological polar surface area (TPSA) is 51.2 Å². The molecule has 6 heteroatoms. The van der Waals surface area contributed by atoms with Crippen molar-refractivity contribution in [1.29, 1.82) is 0 Å². The fourth-order valence-corrected chi connectivity index (χ4v) is 1.61. The Hall–Kier alpha value is -0.940. The zero-order chi connectivity index (χ0) is 11.6. The lowest BCUT2D eigenvalue weighted by Gasteiger charge is -2.06. The summed E-state index contributed by atoms with van der Waals surface area (Å²) in [6, 6.07) is 5.09. The third-order valence-electron chi connectivity index (χ3n) is 1.72. The van der Waals surface area contributed by atoms with Crippen LogP contribution in [-0.4, -0.2) is 25.2 Å². The van der Waals surface area contributed by atoms with Gasteiger partial charge in [0.05, 0.1) is 5.56 Å². The average molecular weight is 251 g/mol. The van der Waals surface area contributed by atoms with Crippen LogP contribution < -0.4 is 0 Å². The Balaban J connectivity index is 3.12. The summed E-state index contributed by atoms with van der Waals surface area (Å²) >= 11 is 5.41. The Labute approximate surface area is 91.8 Å². The van der Waals surface area contributed by atoms with Crippen molar-refractivity contribution in [3.05, 3.63) is 35.6 Å². The minimum Gasteiger partial charge on any atom is -0.291 e. The van der Waals surface area contributed by atoms with E-state index in [1.807, 2.05) is 0 Å². The van der Waals surface area contributed by atoms with Crippen LogP contribution in [0.4, 0.5) is 4.39 Å². The van der Waals surface area contributed by atoms with Crippen molar-refractivity contribution in [3.8, 4) is 0 Å². The number of carbonyl (C=O) groups is 1. The minimum absolute atomic E-state index is 0.317. The number of Topliss-reactive ketones (excluding diaryl/α,β-unsaturated/α-hetero) is 1. The molecule has 82 valence electrons. The summed E-state index contributed by atoms with van der Waals surface area (Å²) in [5.74, 6) is -1.73. The van der Waals surface area contributed by atoms with Crippen molar-refractivity contribution < 1.29 is 17.6 Å². The Morgan fingerprint density at radius 2 is 1.93 bits per heavy atom. The first-order valence-electron chi connectivity index (χ1n) is 3.95. The van der Waals surface area contributed by atoms with Crippen LogP contribution in [0.1, 0.15) is 10.4 Å². The second kappa shape index (κ2) is 4.28. The molecule has 0 N–H and O–H groups in total. The largest absolute Gasteiger partial charge is 0.291 e. The zero-order valence-electron chi connectivity index (χ0n) is 7.78. The van der Waals surface area contributed by atoms with Crippen molar-refractivity contribution in [2.75, 3.05) is 6.26 Å². The van der Waals surface area contributed by atoms with Gasteiger partial charge >= 0.3 is 0 Å². The second-order valence-electron chi connectivity index (χ2n) is 2.99. The monoisotopic (exact) mass is 250 g/mol. The smallest absolute Gasteiger partial charge is 0.198 e. The fourth-order valence-electron chi connectivity index (χ4n) is 0.978. The lowest BCUT2D eigenvalue weighted by Crippen LogP contribution is -2.24. The van der Waals surface area contributed by atoms with Crippen molar-refractivity contribution in [1.82, 2.24) is 0 Å². The molecule has 0 fully saturated rings. The summed E-state index contributed by atoms with van der Waals surface area (Å²) in [6.45, 7) is 0. The van der Waals surface area contributed by atoms with Crippen molar-refractivity contribution in [2.45, 2.75) is 4.71 Å². The molecule has 0 bridgehead atoms. The molecule has 0 aliphatic carbocycles. The van der Waals surface area contributed by atoms with Crippen LogP contribution in [-0.2, 0) is 9.84 Å². The van der Waals surface area contributed by atoms with Crippen molar-refractivity contribution >= 4 is 27.2 Å². The van der Waals surface area contributed by atoms with Gasteiger partial charge in [-0.15, -0.1) is 0 Å². The van der Waals surface area contributed by atoms with Crippen LogP contribution in [0.15, 0.2) is 24.3 Å². The van der Waals surface area contributed by atoms with Crippen LogP contribution in [0.3, 0.4) is 0 Å². The number of sulfone groups is 1. The Kier molecular flexibility index (Phi) is 3.46. The summed E-state index contributed by atoms with van der Waals surface area (Å²) in [5.41, 5.74) is -0.317. The molecular formula is C9H8ClFO3S. The van der Waals surface area contributed by atoms with Crippen LogP contribution in [0.25, 0.3) is 0 Å². The van der Waals surface area contributed by atoms with Gasteiger partial charge in [0.1, 0.15) is 5.82 Å². The third-order valence-corrected chi connectivity index (χ3v) is 3.86. The van der Waals surface area contributed by atoms with E-state index in [0.717, 1.165) is 12.3 Å². The molecule has 0 unspecified atom stereocenters. The number of hydrogen-bond donors (Lipinski definition) is 0. The number of alkyl halides is 1. The number of benzene rings is 1. The fraction of sp³-hybridized carbons (Fsp3) is 0.222. The summed E-state index contributed by atoms with van der Waals surface area (Å²) in [7, 11) is -3.72. The maximum absolute atomic E-state index is 13.1. The first kappa shape index (κ1) is 12.1. The van der Waals surface area contributed by atoms with E-state index in [-0.39, 0.29) is 5.56 Å². The maximum Gasteiger partial charge on any atom is 0.198 e. The highest BCUT2D eigenvalue weighted by Crippen LogP contribution is 2.15. The van der Waals surface area contributed by atoms with Crippen LogP contribution in [0.5, 0.6) is 0 Å². The Morgan fingerprint density at radius 1 is 1.40 bits per heavy atom. The standard InChI is InChI=1S/C9H8ClFO3S/c1-15(13,14)9(10)8(12)6-4-2-3-5-7(6)11/h2-5,9H,1H3/t9-/m1/s1. The highest BCUT2D eigenvalue weighted by Gasteiger charge is 2.28. The molecule has 0 radical (unpaired) electrons. The van der Waals surface area contributed by atoms with Crippen molar-refractivity contribution in [2.24, 2.45) is 0 Å². The van der Waals surface area contributed by atoms with Gasteiger partial charge in [0, 0.05) is 6.26 Å². The Morgan fingerprint density at radius 3 is 2.40 bits per heavy atom. The molecule has 1 rings (SSSR count). The van der Waals surface area contributed by atoms with Gasteiger partial charge in [0.2, 0.25) is 0 Å². The summed E-state index contributed by atoms with van der Waals surface area (Å²) in [5, 5.41) is 0. The van der Waals surface area contributed by atoms with E-state index in [4.69, 9.17) is 11.6 Å². The quantitative estimate of drug-likeness (QED) is 0.605. The SMILES string of the molecule is CS(=O)(=O)[C@@H](Cl)C(=O)c1ccccc1F. The van der Waals surface area contributed by atoms with Gasteiger partial charge in [-0.05, 0) is 12.1 Å². The van der Waals surface area contributed by atoms with Crippen molar-refractivity contribution in [3.63, 3.8) is 0 Å². The average Bonchev–Trinajstić information content (AvgIpc) is 2.15. The first-order chi connectivity index (χ1) is 6.84. The van der Waals surface area contributed by atoms with Gasteiger partial charge < -0.3 is 0 Å². The number of halogens is 2. The Bertz CT molecular complexity index is 484. The van der Waals surface area contributed by atoms with E-state index in [1.165, 1.54) is 18.2 Å². The molecule has 0 saturated heterocycles. The van der Waals surface area contributed by atoms with Gasteiger partial charge in [-0.1, -0.05) is 23.7 Å². The molecule has 0 saturated carbocycles. The molecule has 3 nitrogen and oxygen atoms in total. The van der Waals surface area contributed by atoms with Gasteiger partial charge in [0.25, 0.3) is 0 Å². The molecule has 0 aliphatic heterocycles. The predicted molar refractivity (Wildman–Crippen MR) is 55.2 cm³/mol. The third kappa shape index (κ3) is 2.76. The van der Waals surface area contributed by atoms with Crippen LogP contribution in [0, 0.1) is 5.82 Å². The molecular weight excluding hydrogens is 243 g/mol. The van der Waals surface area contributed by atoms with E-state index in [2.05, 4.69) is 0 Å². The number of rotatable bonds is 3. The van der Waals surface area contributed by atoms with E-state index in [0.29, 0.717) is 0 Å². The molecule has 0 aliphatic rings. The van der Waals surface area contributed by atoms with Gasteiger partial charge in [0.15, 0.2) is 20.3 Å². The molecule has 1 aromatic carbocycles. The van der Waals surface area contributed by atoms with Gasteiger partial charge in [-0.2, -0.15) is 0 Å². The summed E-state index contributed by atoms with van der Waals surface area (Å²) in [6.07, 6.45) is 0.823. The minimum atomic E-state index is -3.72. The number of carbonyl (C=O) groups excluding carboxylic acids is 1. The highest BCUT2D eigenvalue weighted by atomic mass is 35.5. The molecule has 0 spiro atoms. The predicted octanol–water partition coefficient (Wildman–Crippen LogP) is 1.62. The van der Waals surface area contributed by atoms with E-state index >= 15 is 0 Å². The molecule has 0 amide bonds. The van der Waals surface area contributed by atoms with E-state index in [1.54, 1.807) is 0 Å². The van der Waals surface area contributed by atoms with Crippen LogP contribution >= 0.6 is 11.6 Å². The molecule has 15 heavy (non-hydrogen) atoms. The van der Waals surface area contributed by atoms with Crippen LogP contribution in [0.2, 0.25) is 0 Å². The van der Waals surface area contributed by atoms with Gasteiger partial charge in [-0.25, -0.2) is 12.8 Å². The first-order valence-corrected chi connectivity index (χ1v) is 6.35. The zero-order valence-corrected chi connectivity index (χ0v) is 9.35. The molecule has 0 heterocycles. The lowest BCUT2D eigenvalue weighted by atomic mass is 10.1. The summed E-state index contributed by atoms with van der Waals surface area (Å²) < 4.78 is 33.3. The molecule has 0 aromatic heterocycles. The summed E-state index contributed by atoms with van der Waals surface area (Å²) in [4.78, 5) is 11.5. The maximum atomic E-state index is 13.1. The molecule has 1 aromatic rings. The van der Waals surface area contributed by atoms with E-state index < -0.39 is 26.1 Å². The number of ketones is 1. The highest BCUT2D eigenvalue weighted by molar-refractivity contribution is 7.93. The van der Waals surface area contributed by atoms with E-state index in [9.17, 15) is 17.6 Å².